The molecule has 1 nitrogen and oxygen atoms in total. The van der Waals surface area contributed by atoms with Crippen molar-refractivity contribution in [3.05, 3.63) is 107 Å². The Morgan fingerprint density at radius 2 is 1.72 bits per heavy atom. The average molecular weight is 420 g/mol. The molecule has 0 fully saturated rings. The molecule has 0 saturated carbocycles. The van der Waals surface area contributed by atoms with Crippen LogP contribution in [0.1, 0.15) is 58.1 Å². The minimum absolute atomic E-state index is 0.125. The molecule has 2 aromatic rings. The number of hydrogen-bond acceptors (Lipinski definition) is 1. The Kier molecular flexibility index (Phi) is 4.89. The smallest absolute Gasteiger partial charge is 0.0586 e. The molecule has 32 heavy (non-hydrogen) atoms. The van der Waals surface area contributed by atoms with Gasteiger partial charge in [-0.05, 0) is 72.4 Å². The number of benzene rings is 2. The minimum atomic E-state index is -0.125. The van der Waals surface area contributed by atoms with E-state index in [1.165, 1.54) is 44.4 Å². The van der Waals surface area contributed by atoms with Gasteiger partial charge in [0, 0.05) is 22.2 Å². The molecule has 0 aliphatic heterocycles. The van der Waals surface area contributed by atoms with Crippen molar-refractivity contribution in [2.75, 3.05) is 4.90 Å². The van der Waals surface area contributed by atoms with E-state index in [1.807, 2.05) is 0 Å². The topological polar surface area (TPSA) is 3.24 Å². The standard InChI is InChI=1S/C31H33N/c1-20-13-7-11-17-27(20)32(28-18-12-8-14-21(28)2)29-19-26-30(22(3)23(4)31(26,5)6)25-16-10-9-15-24(25)29/h7,9-11,13-16,18-19,27H,3-4,8,12,17H2,1-2,5-6H3. The van der Waals surface area contributed by atoms with Gasteiger partial charge >= 0.3 is 0 Å². The fraction of sp³-hybridized carbons (Fsp3) is 0.290. The third-order valence-electron chi connectivity index (χ3n) is 7.69. The Morgan fingerprint density at radius 3 is 2.44 bits per heavy atom. The molecular formula is C31H33N. The summed E-state index contributed by atoms with van der Waals surface area (Å²) in [5.41, 5.74) is 10.1. The van der Waals surface area contributed by atoms with Crippen LogP contribution in [0.3, 0.4) is 0 Å². The second kappa shape index (κ2) is 7.52. The van der Waals surface area contributed by atoms with Crippen LogP contribution >= 0.6 is 0 Å². The van der Waals surface area contributed by atoms with E-state index in [-0.39, 0.29) is 5.41 Å². The second-order valence-electron chi connectivity index (χ2n) is 9.96. The van der Waals surface area contributed by atoms with Crippen LogP contribution in [0.2, 0.25) is 0 Å². The zero-order chi connectivity index (χ0) is 22.6. The van der Waals surface area contributed by atoms with Gasteiger partial charge in [-0.3, -0.25) is 0 Å². The quantitative estimate of drug-likeness (QED) is 0.483. The molecule has 1 atom stereocenters. The number of allylic oxidation sites excluding steroid dienone is 7. The summed E-state index contributed by atoms with van der Waals surface area (Å²) in [6.45, 7) is 18.0. The van der Waals surface area contributed by atoms with Crippen LogP contribution < -0.4 is 4.90 Å². The molecule has 3 aliphatic rings. The Bertz CT molecular complexity index is 1280. The largest absolute Gasteiger partial charge is 0.333 e. The maximum Gasteiger partial charge on any atom is 0.0586 e. The number of nitrogens with zero attached hydrogens (tertiary/aromatic N) is 1. The molecule has 1 unspecified atom stereocenters. The third kappa shape index (κ3) is 2.98. The number of rotatable bonds is 3. The molecule has 0 spiro atoms. The molecule has 5 rings (SSSR count). The van der Waals surface area contributed by atoms with Gasteiger partial charge in [-0.25, -0.2) is 0 Å². The molecule has 0 radical (unpaired) electrons. The van der Waals surface area contributed by atoms with E-state index in [2.05, 4.69) is 106 Å². The van der Waals surface area contributed by atoms with Gasteiger partial charge in [-0.1, -0.05) is 87.2 Å². The van der Waals surface area contributed by atoms with Gasteiger partial charge in [0.2, 0.25) is 0 Å². The van der Waals surface area contributed by atoms with Gasteiger partial charge in [-0.2, -0.15) is 0 Å². The lowest BCUT2D eigenvalue weighted by Crippen LogP contribution is -2.37. The molecule has 0 N–H and O–H groups in total. The number of fused-ring (bicyclic) bond motifs is 3. The Morgan fingerprint density at radius 1 is 1.00 bits per heavy atom. The van der Waals surface area contributed by atoms with Crippen LogP contribution in [0, 0.1) is 0 Å². The zero-order valence-electron chi connectivity index (χ0n) is 19.8. The first kappa shape index (κ1) is 20.8. The highest BCUT2D eigenvalue weighted by Crippen LogP contribution is 2.53. The Hall–Kier alpha value is -3.06. The van der Waals surface area contributed by atoms with Gasteiger partial charge in [0.1, 0.15) is 0 Å². The first-order chi connectivity index (χ1) is 15.3. The molecule has 0 saturated heterocycles. The van der Waals surface area contributed by atoms with Gasteiger partial charge in [0.25, 0.3) is 0 Å². The minimum Gasteiger partial charge on any atom is -0.333 e. The van der Waals surface area contributed by atoms with Crippen LogP contribution in [0.4, 0.5) is 5.69 Å². The molecule has 3 aliphatic carbocycles. The molecule has 2 aromatic carbocycles. The molecule has 0 heterocycles. The summed E-state index contributed by atoms with van der Waals surface area (Å²) >= 11 is 0. The number of anilines is 1. The first-order valence-corrected chi connectivity index (χ1v) is 11.8. The SMILES string of the molecule is C=C1C(=C)C(C)(C)c2cc(N(C3=CCCC=C3C)C3CC=CC=C3C)c3ccccc3c21. The van der Waals surface area contributed by atoms with Crippen molar-refractivity contribution < 1.29 is 0 Å². The second-order valence-corrected chi connectivity index (χ2v) is 9.96. The predicted octanol–water partition coefficient (Wildman–Crippen LogP) is 8.41. The van der Waals surface area contributed by atoms with E-state index in [1.54, 1.807) is 0 Å². The van der Waals surface area contributed by atoms with E-state index in [0.29, 0.717) is 6.04 Å². The molecule has 0 aromatic heterocycles. The van der Waals surface area contributed by atoms with Crippen LogP contribution in [-0.2, 0) is 5.41 Å². The van der Waals surface area contributed by atoms with Gasteiger partial charge < -0.3 is 4.90 Å². The summed E-state index contributed by atoms with van der Waals surface area (Å²) in [4.78, 5) is 2.61. The van der Waals surface area contributed by atoms with Gasteiger partial charge in [-0.15, -0.1) is 0 Å². The van der Waals surface area contributed by atoms with Gasteiger partial charge in [0.05, 0.1) is 6.04 Å². The normalized spacial score (nSPS) is 21.9. The zero-order valence-corrected chi connectivity index (χ0v) is 19.8. The first-order valence-electron chi connectivity index (χ1n) is 11.8. The summed E-state index contributed by atoms with van der Waals surface area (Å²) in [6, 6.07) is 11.6. The number of hydrogen-bond donors (Lipinski definition) is 0. The van der Waals surface area contributed by atoms with Crippen molar-refractivity contribution in [1.29, 1.82) is 0 Å². The van der Waals surface area contributed by atoms with E-state index >= 15 is 0 Å². The summed E-state index contributed by atoms with van der Waals surface area (Å²) < 4.78 is 0. The fourth-order valence-electron chi connectivity index (χ4n) is 5.64. The molecule has 1 heteroatoms. The van der Waals surface area contributed by atoms with Crippen LogP contribution in [0.15, 0.2) is 96.3 Å². The van der Waals surface area contributed by atoms with Crippen molar-refractivity contribution in [2.24, 2.45) is 0 Å². The summed E-state index contributed by atoms with van der Waals surface area (Å²) in [7, 11) is 0. The summed E-state index contributed by atoms with van der Waals surface area (Å²) in [6.07, 6.45) is 14.8. The summed E-state index contributed by atoms with van der Waals surface area (Å²) in [5, 5.41) is 2.58. The van der Waals surface area contributed by atoms with E-state index < -0.39 is 0 Å². The Labute approximate surface area is 192 Å². The fourth-order valence-corrected chi connectivity index (χ4v) is 5.64. The lowest BCUT2D eigenvalue weighted by molar-refractivity contribution is 0.661. The third-order valence-corrected chi connectivity index (χ3v) is 7.69. The monoisotopic (exact) mass is 419 g/mol. The highest BCUT2D eigenvalue weighted by molar-refractivity contribution is 6.08. The lowest BCUT2D eigenvalue weighted by atomic mass is 9.82. The molecule has 0 amide bonds. The summed E-state index contributed by atoms with van der Waals surface area (Å²) in [5.74, 6) is 0. The van der Waals surface area contributed by atoms with Crippen molar-refractivity contribution in [2.45, 2.75) is 58.4 Å². The average Bonchev–Trinajstić information content (AvgIpc) is 2.96. The molecule has 162 valence electrons. The molecular weight excluding hydrogens is 386 g/mol. The van der Waals surface area contributed by atoms with Crippen molar-refractivity contribution in [1.82, 2.24) is 0 Å². The predicted molar refractivity (Wildman–Crippen MR) is 140 cm³/mol. The van der Waals surface area contributed by atoms with Gasteiger partial charge in [0.15, 0.2) is 0 Å². The highest BCUT2D eigenvalue weighted by atomic mass is 15.2. The Balaban J connectivity index is 1.84. The van der Waals surface area contributed by atoms with E-state index in [4.69, 9.17) is 0 Å². The van der Waals surface area contributed by atoms with Crippen molar-refractivity contribution in [3.8, 4) is 0 Å². The van der Waals surface area contributed by atoms with E-state index in [9.17, 15) is 0 Å². The molecule has 0 bridgehead atoms. The van der Waals surface area contributed by atoms with E-state index in [0.717, 1.165) is 30.4 Å². The van der Waals surface area contributed by atoms with Crippen molar-refractivity contribution in [3.63, 3.8) is 0 Å². The van der Waals surface area contributed by atoms with Crippen LogP contribution in [0.25, 0.3) is 16.3 Å². The lowest BCUT2D eigenvalue weighted by Gasteiger charge is -2.39. The van der Waals surface area contributed by atoms with Crippen LogP contribution in [0.5, 0.6) is 0 Å². The maximum absolute atomic E-state index is 4.45. The van der Waals surface area contributed by atoms with Crippen LogP contribution in [-0.4, -0.2) is 6.04 Å². The highest BCUT2D eigenvalue weighted by Gasteiger charge is 2.39. The van der Waals surface area contributed by atoms with Crippen molar-refractivity contribution >= 4 is 22.0 Å². The maximum atomic E-state index is 4.45.